The molecule has 0 aliphatic heterocycles. The molecule has 0 aromatic heterocycles. The lowest BCUT2D eigenvalue weighted by atomic mass is 10.0. The van der Waals surface area contributed by atoms with Gasteiger partial charge in [0, 0.05) is 18.0 Å². The highest BCUT2D eigenvalue weighted by atomic mass is 19.1. The standard InChI is InChI=1S/C16H22FNO2/c1-12(2)16(20)7-5-3-4-6-13-8-14(17)10-15(9-13)18-11-19/h8-12H,3-7H2,1-2H3,(H,18,19). The van der Waals surface area contributed by atoms with E-state index in [1.165, 1.54) is 12.1 Å². The molecule has 0 radical (unpaired) electrons. The van der Waals surface area contributed by atoms with Gasteiger partial charge in [0.1, 0.15) is 11.6 Å². The maximum absolute atomic E-state index is 13.3. The summed E-state index contributed by atoms with van der Waals surface area (Å²) >= 11 is 0. The summed E-state index contributed by atoms with van der Waals surface area (Å²) in [5, 5.41) is 2.45. The first kappa shape index (κ1) is 16.3. The Labute approximate surface area is 119 Å². The summed E-state index contributed by atoms with van der Waals surface area (Å²) in [6.45, 7) is 3.83. The number of rotatable bonds is 9. The van der Waals surface area contributed by atoms with E-state index in [-0.39, 0.29) is 11.7 Å². The van der Waals surface area contributed by atoms with Crippen molar-refractivity contribution in [2.24, 2.45) is 5.92 Å². The van der Waals surface area contributed by atoms with E-state index in [1.807, 2.05) is 13.8 Å². The summed E-state index contributed by atoms with van der Waals surface area (Å²) in [5.74, 6) is 0.0604. The van der Waals surface area contributed by atoms with Gasteiger partial charge in [0.25, 0.3) is 0 Å². The fraction of sp³-hybridized carbons (Fsp3) is 0.500. The third kappa shape index (κ3) is 5.95. The molecule has 0 unspecified atom stereocenters. The fourth-order valence-electron chi connectivity index (χ4n) is 2.04. The first-order valence-electron chi connectivity index (χ1n) is 7.05. The molecule has 0 spiro atoms. The molecule has 0 heterocycles. The molecule has 1 N–H and O–H groups in total. The van der Waals surface area contributed by atoms with Crippen LogP contribution in [0.4, 0.5) is 10.1 Å². The molecular formula is C16H22FNO2. The molecular weight excluding hydrogens is 257 g/mol. The van der Waals surface area contributed by atoms with Gasteiger partial charge in [-0.1, -0.05) is 20.3 Å². The summed E-state index contributed by atoms with van der Waals surface area (Å²) in [5.41, 5.74) is 1.34. The van der Waals surface area contributed by atoms with Crippen LogP contribution in [0.15, 0.2) is 18.2 Å². The fourth-order valence-corrected chi connectivity index (χ4v) is 2.04. The Morgan fingerprint density at radius 3 is 2.65 bits per heavy atom. The number of aryl methyl sites for hydroxylation is 1. The van der Waals surface area contributed by atoms with Crippen LogP contribution >= 0.6 is 0 Å². The number of ketones is 1. The van der Waals surface area contributed by atoms with E-state index in [2.05, 4.69) is 5.32 Å². The normalized spacial score (nSPS) is 10.6. The topological polar surface area (TPSA) is 46.2 Å². The van der Waals surface area contributed by atoms with E-state index in [1.54, 1.807) is 6.07 Å². The largest absolute Gasteiger partial charge is 0.329 e. The molecule has 0 saturated carbocycles. The van der Waals surface area contributed by atoms with Crippen LogP contribution < -0.4 is 5.32 Å². The zero-order valence-electron chi connectivity index (χ0n) is 12.1. The number of nitrogens with one attached hydrogen (secondary N) is 1. The van der Waals surface area contributed by atoms with Gasteiger partial charge in [-0.15, -0.1) is 0 Å². The summed E-state index contributed by atoms with van der Waals surface area (Å²) < 4.78 is 13.3. The highest BCUT2D eigenvalue weighted by Gasteiger charge is 2.06. The maximum atomic E-state index is 13.3. The molecule has 4 heteroatoms. The molecule has 0 atom stereocenters. The second kappa shape index (κ2) is 8.46. The Balaban J connectivity index is 2.35. The Hall–Kier alpha value is -1.71. The quantitative estimate of drug-likeness (QED) is 0.553. The van der Waals surface area contributed by atoms with E-state index >= 15 is 0 Å². The SMILES string of the molecule is CC(C)C(=O)CCCCCc1cc(F)cc(NC=O)c1. The zero-order chi connectivity index (χ0) is 15.0. The average Bonchev–Trinajstić information content (AvgIpc) is 2.37. The Bertz CT molecular complexity index is 458. The number of hydrogen-bond acceptors (Lipinski definition) is 2. The highest BCUT2D eigenvalue weighted by molar-refractivity contribution is 5.80. The van der Waals surface area contributed by atoms with Crippen LogP contribution in [-0.4, -0.2) is 12.2 Å². The van der Waals surface area contributed by atoms with Crippen LogP contribution in [0.1, 0.15) is 45.1 Å². The average molecular weight is 279 g/mol. The van der Waals surface area contributed by atoms with Gasteiger partial charge in [0.15, 0.2) is 0 Å². The smallest absolute Gasteiger partial charge is 0.211 e. The number of carbonyl (C=O) groups is 2. The molecule has 1 aromatic carbocycles. The van der Waals surface area contributed by atoms with Gasteiger partial charge in [0.2, 0.25) is 6.41 Å². The van der Waals surface area contributed by atoms with Gasteiger partial charge in [-0.05, 0) is 43.0 Å². The molecule has 0 fully saturated rings. The van der Waals surface area contributed by atoms with Crippen molar-refractivity contribution in [3.63, 3.8) is 0 Å². The van der Waals surface area contributed by atoms with Crippen LogP contribution in [0, 0.1) is 11.7 Å². The molecule has 0 saturated heterocycles. The Morgan fingerprint density at radius 2 is 2.00 bits per heavy atom. The van der Waals surface area contributed by atoms with E-state index < -0.39 is 0 Å². The van der Waals surface area contributed by atoms with Gasteiger partial charge in [0.05, 0.1) is 0 Å². The Morgan fingerprint density at radius 1 is 1.25 bits per heavy atom. The van der Waals surface area contributed by atoms with E-state index in [0.717, 1.165) is 31.2 Å². The molecule has 1 amide bonds. The minimum atomic E-state index is -0.346. The van der Waals surface area contributed by atoms with Crippen molar-refractivity contribution in [2.75, 3.05) is 5.32 Å². The second-order valence-electron chi connectivity index (χ2n) is 5.29. The molecule has 0 bridgehead atoms. The first-order valence-corrected chi connectivity index (χ1v) is 7.05. The van der Waals surface area contributed by atoms with Crippen molar-refractivity contribution in [1.29, 1.82) is 0 Å². The van der Waals surface area contributed by atoms with E-state index in [4.69, 9.17) is 0 Å². The van der Waals surface area contributed by atoms with E-state index in [0.29, 0.717) is 24.3 Å². The predicted molar refractivity (Wildman–Crippen MR) is 78.1 cm³/mol. The summed E-state index contributed by atoms with van der Waals surface area (Å²) in [7, 11) is 0. The molecule has 1 rings (SSSR count). The minimum absolute atomic E-state index is 0.107. The predicted octanol–water partition coefficient (Wildman–Crippen LogP) is 3.72. The lowest BCUT2D eigenvalue weighted by Gasteiger charge is -2.06. The molecule has 3 nitrogen and oxygen atoms in total. The van der Waals surface area contributed by atoms with Crippen LogP contribution in [-0.2, 0) is 16.0 Å². The summed E-state index contributed by atoms with van der Waals surface area (Å²) in [6, 6.07) is 4.55. The number of amides is 1. The van der Waals surface area contributed by atoms with Crippen LogP contribution in [0.25, 0.3) is 0 Å². The monoisotopic (exact) mass is 279 g/mol. The van der Waals surface area contributed by atoms with E-state index in [9.17, 15) is 14.0 Å². The second-order valence-corrected chi connectivity index (χ2v) is 5.29. The summed E-state index contributed by atoms with van der Waals surface area (Å²) in [4.78, 5) is 21.8. The maximum Gasteiger partial charge on any atom is 0.211 e. The number of halogens is 1. The lowest BCUT2D eigenvalue weighted by molar-refractivity contribution is -0.122. The number of Topliss-reactive ketones (excluding diaryl/α,β-unsaturated/α-hetero) is 1. The molecule has 110 valence electrons. The molecule has 1 aromatic rings. The van der Waals surface area contributed by atoms with Gasteiger partial charge in [-0.2, -0.15) is 0 Å². The van der Waals surface area contributed by atoms with Crippen molar-refractivity contribution in [1.82, 2.24) is 0 Å². The highest BCUT2D eigenvalue weighted by Crippen LogP contribution is 2.16. The van der Waals surface area contributed by atoms with Gasteiger partial charge < -0.3 is 5.32 Å². The van der Waals surface area contributed by atoms with Gasteiger partial charge in [-0.25, -0.2) is 4.39 Å². The first-order chi connectivity index (χ1) is 9.52. The van der Waals surface area contributed by atoms with Crippen molar-refractivity contribution in [3.8, 4) is 0 Å². The van der Waals surface area contributed by atoms with Crippen molar-refractivity contribution < 1.29 is 14.0 Å². The van der Waals surface area contributed by atoms with Gasteiger partial charge in [-0.3, -0.25) is 9.59 Å². The minimum Gasteiger partial charge on any atom is -0.329 e. The number of carbonyl (C=O) groups excluding carboxylic acids is 2. The molecule has 0 aliphatic carbocycles. The molecule has 0 aliphatic rings. The van der Waals surface area contributed by atoms with Crippen LogP contribution in [0.2, 0.25) is 0 Å². The van der Waals surface area contributed by atoms with Crippen molar-refractivity contribution >= 4 is 17.9 Å². The molecule has 20 heavy (non-hydrogen) atoms. The summed E-state index contributed by atoms with van der Waals surface area (Å²) in [6.07, 6.45) is 4.66. The number of hydrogen-bond donors (Lipinski definition) is 1. The Kier molecular flexibility index (Phi) is 6.91. The van der Waals surface area contributed by atoms with Crippen LogP contribution in [0.5, 0.6) is 0 Å². The third-order valence-corrected chi connectivity index (χ3v) is 3.22. The number of benzene rings is 1. The van der Waals surface area contributed by atoms with Crippen molar-refractivity contribution in [3.05, 3.63) is 29.6 Å². The van der Waals surface area contributed by atoms with Crippen LogP contribution in [0.3, 0.4) is 0 Å². The van der Waals surface area contributed by atoms with Gasteiger partial charge >= 0.3 is 0 Å². The zero-order valence-corrected chi connectivity index (χ0v) is 12.1. The number of unbranched alkanes of at least 4 members (excludes halogenated alkanes) is 2. The third-order valence-electron chi connectivity index (χ3n) is 3.22. The number of anilines is 1. The van der Waals surface area contributed by atoms with Crippen molar-refractivity contribution in [2.45, 2.75) is 46.0 Å². The lowest BCUT2D eigenvalue weighted by Crippen LogP contribution is -2.06.